The fourth-order valence-electron chi connectivity index (χ4n) is 3.45. The number of amides is 1. The van der Waals surface area contributed by atoms with Gasteiger partial charge in [-0.15, -0.1) is 0 Å². The van der Waals surface area contributed by atoms with E-state index in [1.807, 2.05) is 73.3 Å². The summed E-state index contributed by atoms with van der Waals surface area (Å²) in [6, 6.07) is 17.4. The highest BCUT2D eigenvalue weighted by molar-refractivity contribution is 6.04. The van der Waals surface area contributed by atoms with Gasteiger partial charge in [0.05, 0.1) is 37.8 Å². The van der Waals surface area contributed by atoms with Crippen molar-refractivity contribution in [2.24, 2.45) is 0 Å². The molecule has 158 valence electrons. The molecular weight excluding hydrogens is 390 g/mol. The summed E-state index contributed by atoms with van der Waals surface area (Å²) < 4.78 is 9.00. The fraction of sp³-hybridized carbons (Fsp3) is 0.208. The van der Waals surface area contributed by atoms with Crippen molar-refractivity contribution in [1.29, 1.82) is 0 Å². The third-order valence-electron chi connectivity index (χ3n) is 5.02. The lowest BCUT2D eigenvalue weighted by Crippen LogP contribution is -2.12. The average Bonchev–Trinajstić information content (AvgIpc) is 3.33. The SMILES string of the molecule is COc1cccc(Cn2cc(NC(=O)c3ccc(Cn4nc(C)cc4C)cc3)cn2)c1. The van der Waals surface area contributed by atoms with Gasteiger partial charge in [0.2, 0.25) is 0 Å². The molecule has 2 aromatic heterocycles. The summed E-state index contributed by atoms with van der Waals surface area (Å²) >= 11 is 0. The van der Waals surface area contributed by atoms with Crippen molar-refractivity contribution in [3.63, 3.8) is 0 Å². The molecule has 0 fully saturated rings. The van der Waals surface area contributed by atoms with Gasteiger partial charge in [-0.2, -0.15) is 10.2 Å². The van der Waals surface area contributed by atoms with Crippen LogP contribution in [0.25, 0.3) is 0 Å². The first-order valence-corrected chi connectivity index (χ1v) is 10.1. The number of aromatic nitrogens is 4. The molecule has 1 amide bonds. The maximum Gasteiger partial charge on any atom is 0.255 e. The number of methoxy groups -OCH3 is 1. The van der Waals surface area contributed by atoms with Crippen molar-refractivity contribution in [2.45, 2.75) is 26.9 Å². The molecule has 31 heavy (non-hydrogen) atoms. The van der Waals surface area contributed by atoms with E-state index in [0.29, 0.717) is 24.3 Å². The van der Waals surface area contributed by atoms with E-state index in [1.165, 1.54) is 0 Å². The van der Waals surface area contributed by atoms with Gasteiger partial charge in [-0.1, -0.05) is 24.3 Å². The first-order chi connectivity index (χ1) is 15.0. The Morgan fingerprint density at radius 3 is 2.55 bits per heavy atom. The predicted octanol–water partition coefficient (Wildman–Crippen LogP) is 4.05. The first kappa shape index (κ1) is 20.4. The number of aryl methyl sites for hydroxylation is 2. The van der Waals surface area contributed by atoms with Gasteiger partial charge < -0.3 is 10.1 Å². The van der Waals surface area contributed by atoms with E-state index in [1.54, 1.807) is 18.0 Å². The highest BCUT2D eigenvalue weighted by Gasteiger charge is 2.09. The van der Waals surface area contributed by atoms with E-state index in [0.717, 1.165) is 28.3 Å². The summed E-state index contributed by atoms with van der Waals surface area (Å²) in [5.41, 5.74) is 5.52. The summed E-state index contributed by atoms with van der Waals surface area (Å²) in [5.74, 6) is 0.637. The van der Waals surface area contributed by atoms with Crippen molar-refractivity contribution < 1.29 is 9.53 Å². The van der Waals surface area contributed by atoms with Crippen molar-refractivity contribution in [3.05, 3.63) is 95.1 Å². The molecule has 7 heteroatoms. The predicted molar refractivity (Wildman–Crippen MR) is 120 cm³/mol. The lowest BCUT2D eigenvalue weighted by atomic mass is 10.1. The Morgan fingerprint density at radius 2 is 1.84 bits per heavy atom. The maximum absolute atomic E-state index is 12.6. The third kappa shape index (κ3) is 5.01. The minimum atomic E-state index is -0.168. The van der Waals surface area contributed by atoms with E-state index >= 15 is 0 Å². The van der Waals surface area contributed by atoms with Crippen LogP contribution in [0.1, 0.15) is 32.9 Å². The number of ether oxygens (including phenoxy) is 1. The number of carbonyl (C=O) groups is 1. The summed E-state index contributed by atoms with van der Waals surface area (Å²) in [4.78, 5) is 12.6. The first-order valence-electron chi connectivity index (χ1n) is 10.1. The van der Waals surface area contributed by atoms with E-state index in [9.17, 15) is 4.79 Å². The molecule has 0 unspecified atom stereocenters. The van der Waals surface area contributed by atoms with Crippen LogP contribution in [0.3, 0.4) is 0 Å². The molecule has 4 rings (SSSR count). The van der Waals surface area contributed by atoms with Gasteiger partial charge in [-0.05, 0) is 55.3 Å². The number of hydrogen-bond acceptors (Lipinski definition) is 4. The van der Waals surface area contributed by atoms with Crippen LogP contribution in [0.2, 0.25) is 0 Å². The van der Waals surface area contributed by atoms with Gasteiger partial charge in [-0.3, -0.25) is 14.2 Å². The number of carbonyl (C=O) groups excluding carboxylic acids is 1. The fourth-order valence-corrected chi connectivity index (χ4v) is 3.45. The van der Waals surface area contributed by atoms with Crippen LogP contribution in [0, 0.1) is 13.8 Å². The molecule has 0 saturated heterocycles. The Labute approximate surface area is 181 Å². The number of nitrogens with zero attached hydrogens (tertiary/aromatic N) is 4. The second-order valence-electron chi connectivity index (χ2n) is 7.51. The summed E-state index contributed by atoms with van der Waals surface area (Å²) in [6.45, 7) is 5.29. The smallest absolute Gasteiger partial charge is 0.255 e. The number of nitrogens with one attached hydrogen (secondary N) is 1. The molecule has 0 aliphatic rings. The van der Waals surface area contributed by atoms with E-state index in [4.69, 9.17) is 4.74 Å². The van der Waals surface area contributed by atoms with Crippen LogP contribution in [0.4, 0.5) is 5.69 Å². The summed E-state index contributed by atoms with van der Waals surface area (Å²) in [7, 11) is 1.65. The summed E-state index contributed by atoms with van der Waals surface area (Å²) in [6.07, 6.45) is 3.46. The Bertz CT molecular complexity index is 1190. The van der Waals surface area contributed by atoms with Crippen molar-refractivity contribution in [3.8, 4) is 5.75 Å². The minimum Gasteiger partial charge on any atom is -0.497 e. The topological polar surface area (TPSA) is 74.0 Å². The largest absolute Gasteiger partial charge is 0.497 e. The van der Waals surface area contributed by atoms with E-state index in [-0.39, 0.29) is 5.91 Å². The Morgan fingerprint density at radius 1 is 1.03 bits per heavy atom. The standard InChI is InChI=1S/C24H25N5O2/c1-17-11-18(2)29(27-17)15-19-7-9-21(10-8-19)24(30)26-22-13-25-28(16-22)14-20-5-4-6-23(12-20)31-3/h4-13,16H,14-15H2,1-3H3,(H,26,30). The van der Waals surface area contributed by atoms with E-state index in [2.05, 4.69) is 21.6 Å². The van der Waals surface area contributed by atoms with Crippen LogP contribution < -0.4 is 10.1 Å². The highest BCUT2D eigenvalue weighted by atomic mass is 16.5. The molecule has 0 radical (unpaired) electrons. The Kier molecular flexibility index (Phi) is 5.84. The monoisotopic (exact) mass is 415 g/mol. The zero-order chi connectivity index (χ0) is 21.8. The molecule has 2 heterocycles. The van der Waals surface area contributed by atoms with Crippen LogP contribution in [-0.4, -0.2) is 32.6 Å². The molecule has 0 bridgehead atoms. The quantitative estimate of drug-likeness (QED) is 0.494. The Balaban J connectivity index is 1.37. The van der Waals surface area contributed by atoms with Gasteiger partial charge in [0.1, 0.15) is 5.75 Å². The number of rotatable bonds is 7. The normalized spacial score (nSPS) is 10.8. The number of hydrogen-bond donors (Lipinski definition) is 1. The third-order valence-corrected chi connectivity index (χ3v) is 5.02. The molecule has 0 aliphatic heterocycles. The van der Waals surface area contributed by atoms with Gasteiger partial charge in [-0.25, -0.2) is 0 Å². The summed E-state index contributed by atoms with van der Waals surface area (Å²) in [5, 5.41) is 11.7. The number of benzene rings is 2. The van der Waals surface area contributed by atoms with Gasteiger partial charge in [0.15, 0.2) is 0 Å². The number of anilines is 1. The molecule has 0 atom stereocenters. The van der Waals surface area contributed by atoms with Crippen LogP contribution in [-0.2, 0) is 13.1 Å². The van der Waals surface area contributed by atoms with Crippen LogP contribution in [0.5, 0.6) is 5.75 Å². The molecular formula is C24H25N5O2. The Hall–Kier alpha value is -3.87. The van der Waals surface area contributed by atoms with Crippen LogP contribution >= 0.6 is 0 Å². The highest BCUT2D eigenvalue weighted by Crippen LogP contribution is 2.15. The lowest BCUT2D eigenvalue weighted by Gasteiger charge is -2.07. The van der Waals surface area contributed by atoms with Crippen molar-refractivity contribution in [2.75, 3.05) is 12.4 Å². The van der Waals surface area contributed by atoms with Gasteiger partial charge >= 0.3 is 0 Å². The second-order valence-corrected chi connectivity index (χ2v) is 7.51. The molecule has 2 aromatic carbocycles. The molecule has 1 N–H and O–H groups in total. The zero-order valence-electron chi connectivity index (χ0n) is 17.9. The van der Waals surface area contributed by atoms with Gasteiger partial charge in [0, 0.05) is 17.5 Å². The molecule has 0 spiro atoms. The van der Waals surface area contributed by atoms with Crippen LogP contribution in [0.15, 0.2) is 67.0 Å². The zero-order valence-corrected chi connectivity index (χ0v) is 17.9. The average molecular weight is 415 g/mol. The van der Waals surface area contributed by atoms with Crippen molar-refractivity contribution >= 4 is 11.6 Å². The van der Waals surface area contributed by atoms with Gasteiger partial charge in [0.25, 0.3) is 5.91 Å². The molecule has 0 saturated carbocycles. The lowest BCUT2D eigenvalue weighted by molar-refractivity contribution is 0.102. The molecule has 7 nitrogen and oxygen atoms in total. The minimum absolute atomic E-state index is 0.168. The molecule has 4 aromatic rings. The van der Waals surface area contributed by atoms with E-state index < -0.39 is 0 Å². The molecule has 0 aliphatic carbocycles. The maximum atomic E-state index is 12.6. The second kappa shape index (κ2) is 8.87. The van der Waals surface area contributed by atoms with Crippen molar-refractivity contribution in [1.82, 2.24) is 19.6 Å².